The Balaban J connectivity index is 1.28. The number of nitrogens with zero attached hydrogens (tertiary/aromatic N) is 4. The van der Waals surface area contributed by atoms with E-state index < -0.39 is 0 Å². The summed E-state index contributed by atoms with van der Waals surface area (Å²) in [5.41, 5.74) is 1.61. The maximum Gasteiger partial charge on any atom is 0.317 e. The summed E-state index contributed by atoms with van der Waals surface area (Å²) in [5, 5.41) is 4.19. The zero-order valence-corrected chi connectivity index (χ0v) is 18.8. The maximum absolute atomic E-state index is 13.6. The molecule has 2 aromatic rings. The predicted molar refractivity (Wildman–Crippen MR) is 126 cm³/mol. The third kappa shape index (κ3) is 4.38. The lowest BCUT2D eigenvalue weighted by Crippen LogP contribution is -2.54. The monoisotopic (exact) mass is 435 g/mol. The number of rotatable bonds is 3. The van der Waals surface area contributed by atoms with Gasteiger partial charge in [-0.25, -0.2) is 9.78 Å². The highest BCUT2D eigenvalue weighted by Gasteiger charge is 2.29. The fraction of sp³-hybridized carbons (Fsp3) is 0.560. The molecule has 0 atom stereocenters. The number of piperazine rings is 1. The van der Waals surface area contributed by atoms with Gasteiger partial charge in [0, 0.05) is 50.7 Å². The third-order valence-electron chi connectivity index (χ3n) is 7.13. The topological polar surface area (TPSA) is 68.8 Å². The second-order valence-electron chi connectivity index (χ2n) is 9.31. The molecule has 3 heterocycles. The van der Waals surface area contributed by atoms with Crippen LogP contribution in [-0.4, -0.2) is 72.0 Å². The first-order valence-corrected chi connectivity index (χ1v) is 12.2. The van der Waals surface area contributed by atoms with E-state index in [4.69, 9.17) is 4.98 Å². The van der Waals surface area contributed by atoms with Gasteiger partial charge in [-0.3, -0.25) is 4.79 Å². The Morgan fingerprint density at radius 3 is 2.28 bits per heavy atom. The van der Waals surface area contributed by atoms with Crippen LogP contribution in [0.1, 0.15) is 55.3 Å². The quantitative estimate of drug-likeness (QED) is 0.799. The molecule has 1 aliphatic carbocycles. The van der Waals surface area contributed by atoms with Crippen LogP contribution >= 0.6 is 0 Å². The summed E-state index contributed by atoms with van der Waals surface area (Å²) in [7, 11) is 0. The molecule has 1 aromatic carbocycles. The molecule has 2 aliphatic heterocycles. The zero-order chi connectivity index (χ0) is 21.9. The van der Waals surface area contributed by atoms with Gasteiger partial charge in [-0.2, -0.15) is 0 Å². The summed E-state index contributed by atoms with van der Waals surface area (Å²) < 4.78 is 0. The van der Waals surface area contributed by atoms with Crippen LogP contribution in [0, 0.1) is 0 Å². The summed E-state index contributed by atoms with van der Waals surface area (Å²) in [5.74, 6) is 0.834. The number of anilines is 1. The molecule has 3 fully saturated rings. The summed E-state index contributed by atoms with van der Waals surface area (Å²) in [6.07, 6.45) is 8.11. The Morgan fingerprint density at radius 1 is 0.844 bits per heavy atom. The van der Waals surface area contributed by atoms with E-state index in [1.165, 1.54) is 19.3 Å². The highest BCUT2D eigenvalue weighted by molar-refractivity contribution is 6.02. The summed E-state index contributed by atoms with van der Waals surface area (Å²) in [6.45, 7) is 4.16. The molecule has 0 bridgehead atoms. The van der Waals surface area contributed by atoms with Gasteiger partial charge < -0.3 is 20.0 Å². The molecule has 7 heteroatoms. The normalized spacial score (nSPS) is 20.1. The standard InChI is InChI=1S/C25H33N5O2/c31-24(29-14-16-30(17-15-29)25(32)26-20-9-2-1-3-10-20)21-18-19-8-4-5-11-22(19)27-23(21)28-12-6-7-13-28/h4-5,8,11,18,20H,1-3,6-7,9-10,12-17H2,(H,26,32). The van der Waals surface area contributed by atoms with Crippen molar-refractivity contribution >= 4 is 28.7 Å². The van der Waals surface area contributed by atoms with Crippen LogP contribution in [0.4, 0.5) is 10.6 Å². The van der Waals surface area contributed by atoms with Gasteiger partial charge in [-0.1, -0.05) is 37.5 Å². The Bertz CT molecular complexity index is 973. The zero-order valence-electron chi connectivity index (χ0n) is 18.8. The van der Waals surface area contributed by atoms with Crippen LogP contribution in [0.3, 0.4) is 0 Å². The Labute approximate surface area is 189 Å². The lowest BCUT2D eigenvalue weighted by atomic mass is 9.96. The predicted octanol–water partition coefficient (Wildman–Crippen LogP) is 3.64. The average Bonchev–Trinajstić information content (AvgIpc) is 3.38. The molecule has 32 heavy (non-hydrogen) atoms. The number of nitrogens with one attached hydrogen (secondary N) is 1. The molecule has 7 nitrogen and oxygen atoms in total. The van der Waals surface area contributed by atoms with Crippen molar-refractivity contribution in [2.75, 3.05) is 44.2 Å². The van der Waals surface area contributed by atoms with Gasteiger partial charge in [0.1, 0.15) is 5.82 Å². The van der Waals surface area contributed by atoms with Crippen LogP contribution < -0.4 is 10.2 Å². The summed E-state index contributed by atoms with van der Waals surface area (Å²) >= 11 is 0. The molecule has 0 spiro atoms. The van der Waals surface area contributed by atoms with E-state index in [-0.39, 0.29) is 11.9 Å². The van der Waals surface area contributed by atoms with Crippen LogP contribution in [0.2, 0.25) is 0 Å². The lowest BCUT2D eigenvalue weighted by Gasteiger charge is -2.36. The van der Waals surface area contributed by atoms with Crippen LogP contribution in [-0.2, 0) is 0 Å². The first-order chi connectivity index (χ1) is 15.7. The minimum Gasteiger partial charge on any atom is -0.356 e. The molecule has 0 unspecified atom stereocenters. The van der Waals surface area contributed by atoms with E-state index in [9.17, 15) is 9.59 Å². The van der Waals surface area contributed by atoms with E-state index in [1.54, 1.807) is 0 Å². The molecule has 3 aliphatic rings. The number of hydrogen-bond acceptors (Lipinski definition) is 4. The smallest absolute Gasteiger partial charge is 0.317 e. The molecule has 1 aromatic heterocycles. The van der Waals surface area contributed by atoms with Gasteiger partial charge in [0.25, 0.3) is 5.91 Å². The number of carbonyl (C=O) groups is 2. The lowest BCUT2D eigenvalue weighted by molar-refractivity contribution is 0.0663. The number of pyridine rings is 1. The number of amides is 3. The molecule has 5 rings (SSSR count). The Morgan fingerprint density at radius 2 is 1.53 bits per heavy atom. The van der Waals surface area contributed by atoms with E-state index >= 15 is 0 Å². The first-order valence-electron chi connectivity index (χ1n) is 12.2. The van der Waals surface area contributed by atoms with Crippen LogP contribution in [0.25, 0.3) is 10.9 Å². The molecule has 2 saturated heterocycles. The number of benzene rings is 1. The van der Waals surface area contributed by atoms with Crippen molar-refractivity contribution in [2.45, 2.75) is 51.0 Å². The van der Waals surface area contributed by atoms with Gasteiger partial charge in [-0.15, -0.1) is 0 Å². The highest BCUT2D eigenvalue weighted by atomic mass is 16.2. The number of carbonyl (C=O) groups excluding carboxylic acids is 2. The van der Waals surface area contributed by atoms with E-state index in [2.05, 4.69) is 10.2 Å². The number of para-hydroxylation sites is 1. The van der Waals surface area contributed by atoms with Crippen LogP contribution in [0.5, 0.6) is 0 Å². The van der Waals surface area contributed by atoms with Crippen molar-refractivity contribution in [3.05, 3.63) is 35.9 Å². The third-order valence-corrected chi connectivity index (χ3v) is 7.13. The number of urea groups is 1. The minimum absolute atomic E-state index is 0.0223. The Kier molecular flexibility index (Phi) is 6.14. The van der Waals surface area contributed by atoms with Crippen molar-refractivity contribution < 1.29 is 9.59 Å². The Hall–Kier alpha value is -2.83. The highest BCUT2D eigenvalue weighted by Crippen LogP contribution is 2.28. The SMILES string of the molecule is O=C(NC1CCCCC1)N1CCN(C(=O)c2cc3ccccc3nc2N2CCCC2)CC1. The average molecular weight is 436 g/mol. The van der Waals surface area contributed by atoms with Gasteiger partial charge >= 0.3 is 6.03 Å². The van der Waals surface area contributed by atoms with E-state index in [1.807, 2.05) is 40.1 Å². The van der Waals surface area contributed by atoms with E-state index in [0.29, 0.717) is 37.8 Å². The molecule has 1 saturated carbocycles. The molecule has 1 N–H and O–H groups in total. The van der Waals surface area contributed by atoms with Gasteiger partial charge in [0.05, 0.1) is 11.1 Å². The number of fused-ring (bicyclic) bond motifs is 1. The van der Waals surface area contributed by atoms with Crippen molar-refractivity contribution in [1.82, 2.24) is 20.1 Å². The fourth-order valence-electron chi connectivity index (χ4n) is 5.23. The number of aromatic nitrogens is 1. The maximum atomic E-state index is 13.6. The van der Waals surface area contributed by atoms with Crippen molar-refractivity contribution in [1.29, 1.82) is 0 Å². The van der Waals surface area contributed by atoms with Crippen molar-refractivity contribution in [3.8, 4) is 0 Å². The minimum atomic E-state index is 0.0223. The van der Waals surface area contributed by atoms with Gasteiger partial charge in [-0.05, 0) is 37.8 Å². The molecular weight excluding hydrogens is 402 g/mol. The molecule has 3 amide bonds. The summed E-state index contributed by atoms with van der Waals surface area (Å²) in [6, 6.07) is 10.3. The second kappa shape index (κ2) is 9.35. The molecule has 170 valence electrons. The second-order valence-corrected chi connectivity index (χ2v) is 9.31. The van der Waals surface area contributed by atoms with Crippen molar-refractivity contribution in [3.63, 3.8) is 0 Å². The first kappa shape index (κ1) is 21.0. The molecule has 0 radical (unpaired) electrons. The number of hydrogen-bond donors (Lipinski definition) is 1. The van der Waals surface area contributed by atoms with Crippen LogP contribution in [0.15, 0.2) is 30.3 Å². The van der Waals surface area contributed by atoms with Gasteiger partial charge in [0.2, 0.25) is 0 Å². The van der Waals surface area contributed by atoms with Gasteiger partial charge in [0.15, 0.2) is 0 Å². The largest absolute Gasteiger partial charge is 0.356 e. The fourth-order valence-corrected chi connectivity index (χ4v) is 5.23. The molecular formula is C25H33N5O2. The van der Waals surface area contributed by atoms with E-state index in [0.717, 1.165) is 55.5 Å². The van der Waals surface area contributed by atoms with Crippen molar-refractivity contribution in [2.24, 2.45) is 0 Å². The summed E-state index contributed by atoms with van der Waals surface area (Å²) in [4.78, 5) is 37.1.